The van der Waals surface area contributed by atoms with Crippen LogP contribution in [0.5, 0.6) is 5.75 Å². The molecule has 3 aromatic rings. The molecule has 0 saturated heterocycles. The van der Waals surface area contributed by atoms with Crippen LogP contribution in [0.25, 0.3) is 5.69 Å². The van der Waals surface area contributed by atoms with Crippen molar-refractivity contribution in [2.75, 3.05) is 0 Å². The SMILES string of the molecule is Cc1ccccc1-n1ncc2c1CC(C)(C)CC2NCc1ccc(OC(C)C)c(CO)c1. The highest BCUT2D eigenvalue weighted by atomic mass is 16.5. The van der Waals surface area contributed by atoms with Crippen molar-refractivity contribution < 1.29 is 9.84 Å². The first-order valence-corrected chi connectivity index (χ1v) is 11.5. The minimum Gasteiger partial charge on any atom is -0.491 e. The molecule has 0 radical (unpaired) electrons. The van der Waals surface area contributed by atoms with Crippen molar-refractivity contribution in [1.29, 1.82) is 0 Å². The van der Waals surface area contributed by atoms with Crippen molar-refractivity contribution >= 4 is 0 Å². The lowest BCUT2D eigenvalue weighted by Crippen LogP contribution is -2.33. The third-order valence-corrected chi connectivity index (χ3v) is 6.23. The van der Waals surface area contributed by atoms with Gasteiger partial charge in [-0.25, -0.2) is 4.68 Å². The second-order valence-corrected chi connectivity index (χ2v) is 9.99. The smallest absolute Gasteiger partial charge is 0.125 e. The van der Waals surface area contributed by atoms with E-state index in [-0.39, 0.29) is 24.2 Å². The zero-order valence-electron chi connectivity index (χ0n) is 19.9. The van der Waals surface area contributed by atoms with Crippen molar-refractivity contribution in [2.45, 2.75) is 72.8 Å². The van der Waals surface area contributed by atoms with Gasteiger partial charge in [0.1, 0.15) is 5.75 Å². The van der Waals surface area contributed by atoms with Gasteiger partial charge in [0.2, 0.25) is 0 Å². The first-order chi connectivity index (χ1) is 15.3. The van der Waals surface area contributed by atoms with Crippen LogP contribution in [0, 0.1) is 12.3 Å². The molecule has 1 unspecified atom stereocenters. The van der Waals surface area contributed by atoms with Gasteiger partial charge in [-0.15, -0.1) is 0 Å². The number of benzene rings is 2. The third kappa shape index (κ3) is 4.74. The molecule has 5 nitrogen and oxygen atoms in total. The first kappa shape index (κ1) is 22.6. The van der Waals surface area contributed by atoms with E-state index in [1.807, 2.05) is 32.2 Å². The summed E-state index contributed by atoms with van der Waals surface area (Å²) in [5.74, 6) is 0.756. The van der Waals surface area contributed by atoms with Crippen LogP contribution in [0.1, 0.15) is 68.1 Å². The fourth-order valence-corrected chi connectivity index (χ4v) is 4.71. The van der Waals surface area contributed by atoms with Gasteiger partial charge in [0.25, 0.3) is 0 Å². The van der Waals surface area contributed by atoms with E-state index in [1.54, 1.807) is 0 Å². The number of rotatable bonds is 7. The summed E-state index contributed by atoms with van der Waals surface area (Å²) in [6.07, 6.45) is 4.18. The largest absolute Gasteiger partial charge is 0.491 e. The van der Waals surface area contributed by atoms with E-state index >= 15 is 0 Å². The number of aromatic nitrogens is 2. The number of ether oxygens (including phenoxy) is 1. The fourth-order valence-electron chi connectivity index (χ4n) is 4.71. The van der Waals surface area contributed by atoms with Gasteiger partial charge in [0.05, 0.1) is 24.6 Å². The van der Waals surface area contributed by atoms with E-state index in [2.05, 4.69) is 61.1 Å². The van der Waals surface area contributed by atoms with Crippen LogP contribution in [-0.2, 0) is 19.6 Å². The Hall–Kier alpha value is -2.63. The molecule has 32 heavy (non-hydrogen) atoms. The molecule has 0 amide bonds. The van der Waals surface area contributed by atoms with Crippen LogP contribution in [0.4, 0.5) is 0 Å². The minimum atomic E-state index is -0.0281. The summed E-state index contributed by atoms with van der Waals surface area (Å²) < 4.78 is 7.95. The quantitative estimate of drug-likeness (QED) is 0.533. The van der Waals surface area contributed by atoms with E-state index in [9.17, 15) is 5.11 Å². The summed E-state index contributed by atoms with van der Waals surface area (Å²) in [7, 11) is 0. The van der Waals surface area contributed by atoms with Gasteiger partial charge in [-0.2, -0.15) is 5.10 Å². The zero-order chi connectivity index (χ0) is 22.9. The normalized spacial score (nSPS) is 17.4. The molecule has 0 fully saturated rings. The molecule has 1 heterocycles. The maximum absolute atomic E-state index is 9.79. The lowest BCUT2D eigenvalue weighted by atomic mass is 9.74. The summed E-state index contributed by atoms with van der Waals surface area (Å²) in [6, 6.07) is 14.7. The Balaban J connectivity index is 1.58. The molecule has 1 aromatic heterocycles. The van der Waals surface area contributed by atoms with Crippen molar-refractivity contribution in [3.63, 3.8) is 0 Å². The number of nitrogens with zero attached hydrogens (tertiary/aromatic N) is 2. The van der Waals surface area contributed by atoms with Gasteiger partial charge < -0.3 is 15.2 Å². The monoisotopic (exact) mass is 433 g/mol. The van der Waals surface area contributed by atoms with Gasteiger partial charge in [0, 0.05) is 29.4 Å². The molecule has 2 aromatic carbocycles. The van der Waals surface area contributed by atoms with Crippen molar-refractivity contribution in [2.24, 2.45) is 5.41 Å². The van der Waals surface area contributed by atoms with Gasteiger partial charge in [-0.3, -0.25) is 0 Å². The van der Waals surface area contributed by atoms with Gasteiger partial charge in [-0.1, -0.05) is 38.1 Å². The summed E-state index contributed by atoms with van der Waals surface area (Å²) in [5, 5.41) is 18.4. The highest BCUT2D eigenvalue weighted by Crippen LogP contribution is 2.41. The molecule has 0 saturated carbocycles. The van der Waals surface area contributed by atoms with Crippen LogP contribution in [0.15, 0.2) is 48.7 Å². The first-order valence-electron chi connectivity index (χ1n) is 11.5. The second-order valence-electron chi connectivity index (χ2n) is 9.99. The number of aryl methyl sites for hydroxylation is 1. The second kappa shape index (κ2) is 9.08. The molecule has 170 valence electrons. The highest BCUT2D eigenvalue weighted by Gasteiger charge is 2.35. The molecule has 1 aliphatic rings. The van der Waals surface area contributed by atoms with Gasteiger partial charge in [-0.05, 0) is 68.4 Å². The highest BCUT2D eigenvalue weighted by molar-refractivity contribution is 5.43. The molecule has 5 heteroatoms. The molecule has 2 N–H and O–H groups in total. The van der Waals surface area contributed by atoms with E-state index in [0.29, 0.717) is 0 Å². The molecule has 0 bridgehead atoms. The van der Waals surface area contributed by atoms with Gasteiger partial charge >= 0.3 is 0 Å². The third-order valence-electron chi connectivity index (χ3n) is 6.23. The maximum Gasteiger partial charge on any atom is 0.125 e. The number of aliphatic hydroxyl groups excluding tert-OH is 1. The van der Waals surface area contributed by atoms with Crippen molar-refractivity contribution in [1.82, 2.24) is 15.1 Å². The molecule has 0 aliphatic heterocycles. The Bertz CT molecular complexity index is 1080. The summed E-state index contributed by atoms with van der Waals surface area (Å²) in [4.78, 5) is 0. The van der Waals surface area contributed by atoms with Crippen LogP contribution in [0.2, 0.25) is 0 Å². The van der Waals surface area contributed by atoms with E-state index in [0.717, 1.165) is 42.0 Å². The Labute approximate surface area is 191 Å². The molecule has 1 atom stereocenters. The Morgan fingerprint density at radius 2 is 2.00 bits per heavy atom. The maximum atomic E-state index is 9.79. The number of fused-ring (bicyclic) bond motifs is 1. The predicted octanol–water partition coefficient (Wildman–Crippen LogP) is 5.26. The van der Waals surface area contributed by atoms with Gasteiger partial charge in [0.15, 0.2) is 0 Å². The number of para-hydroxylation sites is 1. The number of hydrogen-bond acceptors (Lipinski definition) is 4. The molecule has 4 rings (SSSR count). The van der Waals surface area contributed by atoms with Crippen LogP contribution in [-0.4, -0.2) is 21.0 Å². The molecule has 1 aliphatic carbocycles. The average molecular weight is 434 g/mol. The van der Waals surface area contributed by atoms with Crippen molar-refractivity contribution in [3.8, 4) is 11.4 Å². The summed E-state index contributed by atoms with van der Waals surface area (Å²) in [5.41, 5.74) is 7.11. The number of nitrogens with one attached hydrogen (secondary N) is 1. The molecule has 0 spiro atoms. The summed E-state index contributed by atoms with van der Waals surface area (Å²) in [6.45, 7) is 11.5. The lowest BCUT2D eigenvalue weighted by Gasteiger charge is -2.36. The van der Waals surface area contributed by atoms with Crippen LogP contribution >= 0.6 is 0 Å². The number of aliphatic hydroxyl groups is 1. The Morgan fingerprint density at radius 1 is 1.22 bits per heavy atom. The Kier molecular flexibility index (Phi) is 6.40. The van der Waals surface area contributed by atoms with Crippen LogP contribution < -0.4 is 10.1 Å². The standard InChI is InChI=1S/C27H35N3O2/c1-18(2)32-26-11-10-20(12-21(26)17-31)15-28-23-13-27(4,5)14-25-22(23)16-29-30(25)24-9-7-6-8-19(24)3/h6-12,16,18,23,28,31H,13-15,17H2,1-5H3. The zero-order valence-corrected chi connectivity index (χ0v) is 19.9. The van der Waals surface area contributed by atoms with E-state index < -0.39 is 0 Å². The van der Waals surface area contributed by atoms with Crippen LogP contribution in [0.3, 0.4) is 0 Å². The topological polar surface area (TPSA) is 59.3 Å². The fraction of sp³-hybridized carbons (Fsp3) is 0.444. The average Bonchev–Trinajstić information content (AvgIpc) is 3.15. The van der Waals surface area contributed by atoms with Crippen molar-refractivity contribution in [3.05, 3.63) is 76.6 Å². The summed E-state index contributed by atoms with van der Waals surface area (Å²) >= 11 is 0. The van der Waals surface area contributed by atoms with E-state index in [4.69, 9.17) is 9.84 Å². The lowest BCUT2D eigenvalue weighted by molar-refractivity contribution is 0.225. The molecular formula is C27H35N3O2. The number of hydrogen-bond donors (Lipinski definition) is 2. The molecular weight excluding hydrogens is 398 g/mol. The Morgan fingerprint density at radius 3 is 2.72 bits per heavy atom. The predicted molar refractivity (Wildman–Crippen MR) is 128 cm³/mol. The minimum absolute atomic E-state index is 0.0281. The van der Waals surface area contributed by atoms with E-state index in [1.165, 1.54) is 16.8 Å².